The maximum absolute atomic E-state index is 12.8. The van der Waals surface area contributed by atoms with Gasteiger partial charge in [-0.25, -0.2) is 8.78 Å². The Labute approximate surface area is 84.6 Å². The van der Waals surface area contributed by atoms with Gasteiger partial charge in [0.05, 0.1) is 0 Å². The van der Waals surface area contributed by atoms with E-state index in [2.05, 4.69) is 5.32 Å². The molecule has 0 aromatic rings. The van der Waals surface area contributed by atoms with Crippen LogP contribution in [0.4, 0.5) is 8.78 Å². The Kier molecular flexibility index (Phi) is 2.17. The van der Waals surface area contributed by atoms with Crippen LogP contribution in [-0.2, 0) is 9.59 Å². The van der Waals surface area contributed by atoms with Crippen LogP contribution >= 0.6 is 0 Å². The number of hydrogen-bond donors (Lipinski definition) is 2. The van der Waals surface area contributed by atoms with Gasteiger partial charge in [-0.2, -0.15) is 0 Å². The van der Waals surface area contributed by atoms with Crippen molar-refractivity contribution in [3.63, 3.8) is 0 Å². The zero-order valence-electron chi connectivity index (χ0n) is 7.87. The lowest BCUT2D eigenvalue weighted by atomic mass is 10.1. The molecule has 6 heteroatoms. The second-order valence-electron chi connectivity index (χ2n) is 4.19. The Morgan fingerprint density at radius 1 is 1.33 bits per heavy atom. The van der Waals surface area contributed by atoms with E-state index in [0.29, 0.717) is 0 Å². The van der Waals surface area contributed by atoms with Crippen LogP contribution < -0.4 is 5.32 Å². The third kappa shape index (κ3) is 1.80. The van der Waals surface area contributed by atoms with E-state index in [1.165, 1.54) is 0 Å². The molecule has 2 unspecified atom stereocenters. The molecule has 0 aliphatic heterocycles. The van der Waals surface area contributed by atoms with Crippen LogP contribution in [0.1, 0.15) is 19.3 Å². The van der Waals surface area contributed by atoms with Crippen molar-refractivity contribution in [3.8, 4) is 0 Å². The molecule has 15 heavy (non-hydrogen) atoms. The van der Waals surface area contributed by atoms with Gasteiger partial charge in [-0.1, -0.05) is 0 Å². The lowest BCUT2D eigenvalue weighted by Crippen LogP contribution is -2.36. The number of carbonyl (C=O) groups excluding carboxylic acids is 1. The second-order valence-corrected chi connectivity index (χ2v) is 4.19. The first-order valence-corrected chi connectivity index (χ1v) is 4.80. The van der Waals surface area contributed by atoms with Crippen LogP contribution in [0, 0.1) is 11.8 Å². The van der Waals surface area contributed by atoms with Gasteiger partial charge in [0.25, 0.3) is 5.92 Å². The highest BCUT2D eigenvalue weighted by Gasteiger charge is 2.71. The highest BCUT2D eigenvalue weighted by molar-refractivity contribution is 5.93. The number of rotatable bonds is 3. The first kappa shape index (κ1) is 10.3. The van der Waals surface area contributed by atoms with E-state index in [1.807, 2.05) is 0 Å². The van der Waals surface area contributed by atoms with Gasteiger partial charge < -0.3 is 10.4 Å². The average Bonchev–Trinajstić information content (AvgIpc) is 2.45. The highest BCUT2D eigenvalue weighted by Crippen LogP contribution is 2.63. The lowest BCUT2D eigenvalue weighted by Gasteiger charge is -2.15. The Morgan fingerprint density at radius 2 is 1.87 bits per heavy atom. The zero-order valence-corrected chi connectivity index (χ0v) is 7.87. The summed E-state index contributed by atoms with van der Waals surface area (Å²) in [5, 5.41) is 10.8. The molecule has 0 saturated heterocycles. The summed E-state index contributed by atoms with van der Waals surface area (Å²) in [6, 6.07) is -0.272. The van der Waals surface area contributed by atoms with Crippen LogP contribution in [0.25, 0.3) is 0 Å². The van der Waals surface area contributed by atoms with Crippen molar-refractivity contribution in [3.05, 3.63) is 0 Å². The van der Waals surface area contributed by atoms with E-state index in [9.17, 15) is 18.4 Å². The van der Waals surface area contributed by atoms with Crippen LogP contribution in [0.5, 0.6) is 0 Å². The molecular weight excluding hydrogens is 208 g/mol. The van der Waals surface area contributed by atoms with E-state index in [1.54, 1.807) is 0 Å². The number of carbonyl (C=O) groups is 2. The largest absolute Gasteiger partial charge is 0.481 e. The van der Waals surface area contributed by atoms with Gasteiger partial charge in [-0.3, -0.25) is 9.59 Å². The molecule has 0 spiro atoms. The summed E-state index contributed by atoms with van der Waals surface area (Å²) >= 11 is 0. The summed E-state index contributed by atoms with van der Waals surface area (Å²) in [6.45, 7) is 0. The monoisotopic (exact) mass is 219 g/mol. The van der Waals surface area contributed by atoms with Gasteiger partial charge in [0, 0.05) is 17.9 Å². The number of aliphatic carboxylic acids is 1. The summed E-state index contributed by atoms with van der Waals surface area (Å²) in [5.74, 6) is -5.56. The fourth-order valence-electron chi connectivity index (χ4n) is 2.35. The van der Waals surface area contributed by atoms with Crippen molar-refractivity contribution in [2.24, 2.45) is 11.8 Å². The van der Waals surface area contributed by atoms with Crippen LogP contribution in [0.15, 0.2) is 0 Å². The lowest BCUT2D eigenvalue weighted by molar-refractivity contribution is -0.140. The maximum Gasteiger partial charge on any atom is 0.312 e. The predicted octanol–water partition coefficient (Wildman–Crippen LogP) is 0.621. The van der Waals surface area contributed by atoms with Crippen molar-refractivity contribution in [2.75, 3.05) is 0 Å². The summed E-state index contributed by atoms with van der Waals surface area (Å²) in [5.41, 5.74) is 0. The van der Waals surface area contributed by atoms with Gasteiger partial charge in [0.2, 0.25) is 5.91 Å². The van der Waals surface area contributed by atoms with Gasteiger partial charge in [-0.05, 0) is 12.8 Å². The molecule has 2 N–H and O–H groups in total. The minimum Gasteiger partial charge on any atom is -0.481 e. The Balaban J connectivity index is 1.76. The molecule has 2 fully saturated rings. The minimum atomic E-state index is -2.55. The number of alkyl halides is 2. The number of amides is 1. The summed E-state index contributed by atoms with van der Waals surface area (Å²) in [7, 11) is 0. The standard InChI is InChI=1S/C9H11F2NO3/c10-9(11)5-1-4(2-6(5)9)12-7(13)3-8(14)15/h4-6H,1-3H2,(H,12,13)(H,14,15). The minimum absolute atomic E-state index is 0.267. The molecule has 2 aliphatic rings. The van der Waals surface area contributed by atoms with Crippen LogP contribution in [-0.4, -0.2) is 28.9 Å². The van der Waals surface area contributed by atoms with Crippen LogP contribution in [0.2, 0.25) is 0 Å². The fourth-order valence-corrected chi connectivity index (χ4v) is 2.35. The highest BCUT2D eigenvalue weighted by atomic mass is 19.3. The molecule has 1 amide bonds. The molecule has 2 aliphatic carbocycles. The number of carboxylic acids is 1. The zero-order chi connectivity index (χ0) is 11.2. The van der Waals surface area contributed by atoms with E-state index in [4.69, 9.17) is 5.11 Å². The second kappa shape index (κ2) is 3.15. The molecule has 0 radical (unpaired) electrons. The van der Waals surface area contributed by atoms with E-state index in [0.717, 1.165) is 0 Å². The molecule has 2 atom stereocenters. The Morgan fingerprint density at radius 3 is 2.33 bits per heavy atom. The summed E-state index contributed by atoms with van der Waals surface area (Å²) < 4.78 is 25.5. The van der Waals surface area contributed by atoms with E-state index in [-0.39, 0.29) is 18.9 Å². The van der Waals surface area contributed by atoms with Gasteiger partial charge in [0.15, 0.2) is 0 Å². The van der Waals surface area contributed by atoms with Gasteiger partial charge >= 0.3 is 5.97 Å². The van der Waals surface area contributed by atoms with Crippen molar-refractivity contribution < 1.29 is 23.5 Å². The van der Waals surface area contributed by atoms with Gasteiger partial charge in [-0.15, -0.1) is 0 Å². The number of hydrogen-bond acceptors (Lipinski definition) is 2. The van der Waals surface area contributed by atoms with Crippen LogP contribution in [0.3, 0.4) is 0 Å². The van der Waals surface area contributed by atoms with Crippen molar-refractivity contribution in [1.29, 1.82) is 0 Å². The first-order chi connectivity index (χ1) is 6.91. The number of fused-ring (bicyclic) bond motifs is 1. The molecule has 2 rings (SSSR count). The molecular formula is C9H11F2NO3. The molecule has 0 bridgehead atoms. The molecule has 84 valence electrons. The molecule has 2 saturated carbocycles. The summed E-state index contributed by atoms with van der Waals surface area (Å²) in [4.78, 5) is 21.2. The number of nitrogens with one attached hydrogen (secondary N) is 1. The smallest absolute Gasteiger partial charge is 0.312 e. The topological polar surface area (TPSA) is 66.4 Å². The first-order valence-electron chi connectivity index (χ1n) is 4.80. The van der Waals surface area contributed by atoms with E-state index < -0.39 is 36.1 Å². The summed E-state index contributed by atoms with van der Waals surface area (Å²) in [6.07, 6.45) is -0.0612. The molecule has 4 nitrogen and oxygen atoms in total. The molecule has 0 aromatic carbocycles. The van der Waals surface area contributed by atoms with Crippen molar-refractivity contribution >= 4 is 11.9 Å². The molecule has 0 aromatic heterocycles. The third-order valence-corrected chi connectivity index (χ3v) is 3.12. The average molecular weight is 219 g/mol. The third-order valence-electron chi connectivity index (χ3n) is 3.12. The normalized spacial score (nSPS) is 35.7. The van der Waals surface area contributed by atoms with E-state index >= 15 is 0 Å². The van der Waals surface area contributed by atoms with Gasteiger partial charge in [0.1, 0.15) is 6.42 Å². The van der Waals surface area contributed by atoms with Crippen molar-refractivity contribution in [2.45, 2.75) is 31.2 Å². The Bertz CT molecular complexity index is 304. The van der Waals surface area contributed by atoms with Crippen molar-refractivity contribution in [1.82, 2.24) is 5.32 Å². The Hall–Kier alpha value is -1.20. The predicted molar refractivity (Wildman–Crippen MR) is 45.3 cm³/mol. The SMILES string of the molecule is O=C(O)CC(=O)NC1CC2C(C1)C2(F)F. The number of carboxylic acid groups (broad SMARTS) is 1. The fraction of sp³-hybridized carbons (Fsp3) is 0.778. The molecule has 0 heterocycles. The quantitative estimate of drug-likeness (QED) is 0.684. The number of halogens is 2. The maximum atomic E-state index is 12.8.